The lowest BCUT2D eigenvalue weighted by Gasteiger charge is -2.34. The predicted molar refractivity (Wildman–Crippen MR) is 79.5 cm³/mol. The van der Waals surface area contributed by atoms with Crippen LogP contribution in [0.25, 0.3) is 0 Å². The summed E-state index contributed by atoms with van der Waals surface area (Å²) in [5.74, 6) is 0. The van der Waals surface area contributed by atoms with Crippen LogP contribution in [0.4, 0.5) is 0 Å². The van der Waals surface area contributed by atoms with Crippen molar-refractivity contribution in [2.45, 2.75) is 31.3 Å². The van der Waals surface area contributed by atoms with Crippen LogP contribution in [-0.2, 0) is 11.8 Å². The Morgan fingerprint density at radius 2 is 2.16 bits per heavy atom. The molecule has 2 aromatic rings. The number of hydrogen-bond donors (Lipinski definition) is 2. The van der Waals surface area contributed by atoms with Gasteiger partial charge in [0.2, 0.25) is 0 Å². The van der Waals surface area contributed by atoms with Crippen LogP contribution in [0.15, 0.2) is 35.7 Å². The third kappa shape index (κ3) is 1.84. The fourth-order valence-corrected chi connectivity index (χ4v) is 4.27. The molecule has 19 heavy (non-hydrogen) atoms. The van der Waals surface area contributed by atoms with E-state index in [4.69, 9.17) is 5.73 Å². The van der Waals surface area contributed by atoms with Crippen LogP contribution in [0.2, 0.25) is 0 Å². The van der Waals surface area contributed by atoms with Crippen LogP contribution in [-0.4, -0.2) is 11.7 Å². The Morgan fingerprint density at radius 3 is 2.84 bits per heavy atom. The van der Waals surface area contributed by atoms with E-state index in [-0.39, 0.29) is 5.41 Å². The first-order valence-electron chi connectivity index (χ1n) is 6.69. The first-order valence-corrected chi connectivity index (χ1v) is 7.57. The Balaban J connectivity index is 2.09. The number of aliphatic hydroxyl groups is 1. The lowest BCUT2D eigenvalue weighted by atomic mass is 9.75. The van der Waals surface area contributed by atoms with Crippen LogP contribution in [0.1, 0.15) is 34.1 Å². The van der Waals surface area contributed by atoms with Gasteiger partial charge in [0, 0.05) is 16.8 Å². The van der Waals surface area contributed by atoms with Crippen molar-refractivity contribution in [3.8, 4) is 0 Å². The van der Waals surface area contributed by atoms with Crippen molar-refractivity contribution in [1.82, 2.24) is 0 Å². The standard InChI is InChI=1S/C16H19NOS/c1-11-7-9-19-14(11)15(18)16(10-17)8-6-12-4-2-3-5-13(12)16/h2-5,7,9,15,18H,6,8,10,17H2,1H3. The molecule has 0 amide bonds. The number of fused-ring (bicyclic) bond motifs is 1. The van der Waals surface area contributed by atoms with Crippen molar-refractivity contribution in [2.75, 3.05) is 6.54 Å². The zero-order chi connectivity index (χ0) is 13.5. The predicted octanol–water partition coefficient (Wildman–Crippen LogP) is 2.93. The normalized spacial score (nSPS) is 23.3. The van der Waals surface area contributed by atoms with Crippen LogP contribution in [0, 0.1) is 6.92 Å². The second kappa shape index (κ2) is 4.75. The van der Waals surface area contributed by atoms with Gasteiger partial charge < -0.3 is 10.8 Å². The fourth-order valence-electron chi connectivity index (χ4n) is 3.24. The van der Waals surface area contributed by atoms with Crippen molar-refractivity contribution in [2.24, 2.45) is 5.73 Å². The Morgan fingerprint density at radius 1 is 1.37 bits per heavy atom. The van der Waals surface area contributed by atoms with Crippen molar-refractivity contribution >= 4 is 11.3 Å². The molecular formula is C16H19NOS. The van der Waals surface area contributed by atoms with Gasteiger partial charge in [-0.1, -0.05) is 24.3 Å². The summed E-state index contributed by atoms with van der Waals surface area (Å²) >= 11 is 1.63. The summed E-state index contributed by atoms with van der Waals surface area (Å²) in [5, 5.41) is 13.0. The molecule has 2 atom stereocenters. The minimum atomic E-state index is -0.499. The Hall–Kier alpha value is -1.16. The molecule has 0 bridgehead atoms. The van der Waals surface area contributed by atoms with Crippen molar-refractivity contribution in [3.05, 3.63) is 57.3 Å². The van der Waals surface area contributed by atoms with Crippen LogP contribution in [0.3, 0.4) is 0 Å². The minimum absolute atomic E-state index is 0.313. The van der Waals surface area contributed by atoms with Gasteiger partial charge in [-0.05, 0) is 47.9 Å². The van der Waals surface area contributed by atoms with Crippen LogP contribution < -0.4 is 5.73 Å². The molecule has 1 aliphatic rings. The molecule has 0 fully saturated rings. The number of aliphatic hydroxyl groups excluding tert-OH is 1. The maximum atomic E-state index is 10.9. The molecule has 3 heteroatoms. The lowest BCUT2D eigenvalue weighted by molar-refractivity contribution is 0.0867. The third-order valence-electron chi connectivity index (χ3n) is 4.43. The Bertz CT molecular complexity index is 592. The second-order valence-corrected chi connectivity index (χ2v) is 6.34. The SMILES string of the molecule is Cc1ccsc1C(O)C1(CN)CCc2ccccc21. The molecule has 3 N–H and O–H groups in total. The molecular weight excluding hydrogens is 254 g/mol. The molecule has 1 aliphatic carbocycles. The van der Waals surface area contributed by atoms with Crippen LogP contribution in [0.5, 0.6) is 0 Å². The Kier molecular flexibility index (Phi) is 3.21. The molecule has 1 aromatic heterocycles. The highest BCUT2D eigenvalue weighted by molar-refractivity contribution is 7.10. The summed E-state index contributed by atoms with van der Waals surface area (Å²) in [6.07, 6.45) is 1.44. The number of thiophene rings is 1. The quantitative estimate of drug-likeness (QED) is 0.903. The largest absolute Gasteiger partial charge is 0.387 e. The molecule has 3 rings (SSSR count). The van der Waals surface area contributed by atoms with E-state index in [1.165, 1.54) is 11.1 Å². The molecule has 1 heterocycles. The number of aryl methyl sites for hydroxylation is 2. The lowest BCUT2D eigenvalue weighted by Crippen LogP contribution is -2.39. The molecule has 1 aromatic carbocycles. The van der Waals surface area contributed by atoms with Crippen molar-refractivity contribution in [3.63, 3.8) is 0 Å². The van der Waals surface area contributed by atoms with Gasteiger partial charge in [-0.15, -0.1) is 11.3 Å². The zero-order valence-electron chi connectivity index (χ0n) is 11.1. The van der Waals surface area contributed by atoms with E-state index in [9.17, 15) is 5.11 Å². The highest BCUT2D eigenvalue weighted by atomic mass is 32.1. The summed E-state index contributed by atoms with van der Waals surface area (Å²) in [6.45, 7) is 2.54. The topological polar surface area (TPSA) is 46.2 Å². The first-order chi connectivity index (χ1) is 9.19. The van der Waals surface area contributed by atoms with E-state index >= 15 is 0 Å². The monoisotopic (exact) mass is 273 g/mol. The highest BCUT2D eigenvalue weighted by Gasteiger charge is 2.44. The van der Waals surface area contributed by atoms with Gasteiger partial charge >= 0.3 is 0 Å². The van der Waals surface area contributed by atoms with E-state index in [1.54, 1.807) is 11.3 Å². The van der Waals surface area contributed by atoms with Gasteiger partial charge in [-0.25, -0.2) is 0 Å². The third-order valence-corrected chi connectivity index (χ3v) is 5.50. The molecule has 0 saturated heterocycles. The molecule has 2 nitrogen and oxygen atoms in total. The number of benzene rings is 1. The summed E-state index contributed by atoms with van der Waals surface area (Å²) in [4.78, 5) is 1.06. The molecule has 100 valence electrons. The first kappa shape index (κ1) is 12.9. The van der Waals surface area contributed by atoms with Crippen molar-refractivity contribution in [1.29, 1.82) is 0 Å². The maximum absolute atomic E-state index is 10.9. The van der Waals surface area contributed by atoms with E-state index in [0.29, 0.717) is 6.54 Å². The minimum Gasteiger partial charge on any atom is -0.387 e. The van der Waals surface area contributed by atoms with E-state index in [0.717, 1.165) is 23.3 Å². The van der Waals surface area contributed by atoms with Crippen molar-refractivity contribution < 1.29 is 5.11 Å². The molecule has 0 radical (unpaired) electrons. The number of rotatable bonds is 3. The molecule has 0 saturated carbocycles. The van der Waals surface area contributed by atoms with E-state index in [2.05, 4.69) is 31.2 Å². The molecule has 0 aliphatic heterocycles. The average Bonchev–Trinajstić information content (AvgIpc) is 3.02. The van der Waals surface area contributed by atoms with Gasteiger partial charge in [0.1, 0.15) is 0 Å². The summed E-state index contributed by atoms with van der Waals surface area (Å²) in [7, 11) is 0. The van der Waals surface area contributed by atoms with E-state index in [1.807, 2.05) is 11.4 Å². The number of hydrogen-bond acceptors (Lipinski definition) is 3. The van der Waals surface area contributed by atoms with Crippen LogP contribution >= 0.6 is 11.3 Å². The fraction of sp³-hybridized carbons (Fsp3) is 0.375. The van der Waals surface area contributed by atoms with Gasteiger partial charge in [0.15, 0.2) is 0 Å². The molecule has 2 unspecified atom stereocenters. The highest BCUT2D eigenvalue weighted by Crippen LogP contribution is 2.48. The van der Waals surface area contributed by atoms with E-state index < -0.39 is 6.10 Å². The van der Waals surface area contributed by atoms with Gasteiger partial charge in [0.05, 0.1) is 6.10 Å². The van der Waals surface area contributed by atoms with Gasteiger partial charge in [0.25, 0.3) is 0 Å². The maximum Gasteiger partial charge on any atom is 0.0993 e. The summed E-state index contributed by atoms with van der Waals surface area (Å²) in [5.41, 5.74) is 9.50. The second-order valence-electron chi connectivity index (χ2n) is 5.39. The Labute approximate surface area is 117 Å². The van der Waals surface area contributed by atoms with Gasteiger partial charge in [-0.3, -0.25) is 0 Å². The summed E-state index contributed by atoms with van der Waals surface area (Å²) < 4.78 is 0. The summed E-state index contributed by atoms with van der Waals surface area (Å²) in [6, 6.07) is 10.5. The molecule has 0 spiro atoms. The smallest absolute Gasteiger partial charge is 0.0993 e. The van der Waals surface area contributed by atoms with Gasteiger partial charge in [-0.2, -0.15) is 0 Å². The average molecular weight is 273 g/mol. The number of nitrogens with two attached hydrogens (primary N) is 1. The zero-order valence-corrected chi connectivity index (χ0v) is 11.9.